The fourth-order valence-electron chi connectivity index (χ4n) is 4.55. The van der Waals surface area contributed by atoms with Gasteiger partial charge in [-0.05, 0) is 49.0 Å². The lowest BCUT2D eigenvalue weighted by Gasteiger charge is -2.45. The molecule has 3 N–H and O–H groups in total. The number of fused-ring (bicyclic) bond motifs is 3. The van der Waals surface area contributed by atoms with E-state index < -0.39 is 0 Å². The molecule has 0 aliphatic heterocycles. The van der Waals surface area contributed by atoms with Crippen molar-refractivity contribution < 1.29 is 4.79 Å². The number of carbonyl (C=O) groups excluding carboxylic acids is 1. The summed E-state index contributed by atoms with van der Waals surface area (Å²) in [7, 11) is 0. The van der Waals surface area contributed by atoms with Crippen molar-refractivity contribution in [1.29, 1.82) is 0 Å². The molecule has 0 spiro atoms. The van der Waals surface area contributed by atoms with E-state index in [1.54, 1.807) is 6.20 Å². The number of amides is 1. The highest BCUT2D eigenvalue weighted by molar-refractivity contribution is 6.05. The van der Waals surface area contributed by atoms with Crippen molar-refractivity contribution in [3.05, 3.63) is 42.2 Å². The van der Waals surface area contributed by atoms with Crippen LogP contribution in [-0.2, 0) is 0 Å². The molecule has 2 bridgehead atoms. The zero-order valence-corrected chi connectivity index (χ0v) is 15.7. The minimum Gasteiger partial charge on any atom is -0.347 e. The maximum absolute atomic E-state index is 12.8. The van der Waals surface area contributed by atoms with E-state index in [1.807, 2.05) is 30.3 Å². The van der Waals surface area contributed by atoms with Crippen LogP contribution in [0.3, 0.4) is 0 Å². The number of nitrogens with two attached hydrogens (primary N) is 1. The molecule has 0 radical (unpaired) electrons. The Bertz CT molecular complexity index is 720. The molecule has 2 saturated carbocycles. The Morgan fingerprint density at radius 3 is 2.48 bits per heavy atom. The molecule has 2 aliphatic carbocycles. The average molecular weight is 382 g/mol. The Kier molecular flexibility index (Phi) is 6.66. The largest absolute Gasteiger partial charge is 0.347 e. The summed E-state index contributed by atoms with van der Waals surface area (Å²) in [5.74, 6) is 1.01. The molecule has 136 valence electrons. The van der Waals surface area contributed by atoms with Crippen molar-refractivity contribution in [2.45, 2.75) is 44.2 Å². The number of aromatic nitrogens is 1. The number of rotatable bonds is 2. The molecular weight excluding hydrogens is 357 g/mol. The lowest BCUT2D eigenvalue weighted by molar-refractivity contribution is 0.0753. The Hall–Kier alpha value is -1.36. The summed E-state index contributed by atoms with van der Waals surface area (Å²) in [6.07, 6.45) is 7.40. The van der Waals surface area contributed by atoms with Gasteiger partial charge in [0.15, 0.2) is 0 Å². The molecule has 6 heteroatoms. The molecule has 1 aromatic heterocycles. The fraction of sp³-hybridized carbons (Fsp3) is 0.474. The minimum atomic E-state index is -0.0424. The van der Waals surface area contributed by atoms with E-state index in [1.165, 1.54) is 19.3 Å². The summed E-state index contributed by atoms with van der Waals surface area (Å²) in [6.45, 7) is 0. The number of hydrogen-bond acceptors (Lipinski definition) is 3. The number of nitrogens with one attached hydrogen (secondary N) is 1. The standard InChI is InChI=1S/C19H23N3O.2ClH/c20-15-10-13-5-3-6-14(11-15)17(13)22-19(23)18-16-7-2-1-4-12(16)8-9-21-18;;/h1-2,4,7-9,13-15,17H,3,5-6,10-11,20H2,(H,22,23);2*1H. The first-order valence-electron chi connectivity index (χ1n) is 8.62. The average Bonchev–Trinajstić information content (AvgIpc) is 2.55. The lowest BCUT2D eigenvalue weighted by atomic mass is 9.67. The highest BCUT2D eigenvalue weighted by Crippen LogP contribution is 2.39. The molecule has 4 rings (SSSR count). The van der Waals surface area contributed by atoms with Gasteiger partial charge in [-0.3, -0.25) is 9.78 Å². The van der Waals surface area contributed by atoms with Gasteiger partial charge in [0.2, 0.25) is 0 Å². The van der Waals surface area contributed by atoms with Crippen molar-refractivity contribution in [2.75, 3.05) is 0 Å². The normalized spacial score (nSPS) is 27.7. The monoisotopic (exact) mass is 381 g/mol. The quantitative estimate of drug-likeness (QED) is 0.832. The van der Waals surface area contributed by atoms with Crippen molar-refractivity contribution in [3.63, 3.8) is 0 Å². The summed E-state index contributed by atoms with van der Waals surface area (Å²) in [5, 5.41) is 5.27. The lowest BCUT2D eigenvalue weighted by Crippen LogP contribution is -2.53. The van der Waals surface area contributed by atoms with Gasteiger partial charge in [0.05, 0.1) is 0 Å². The molecule has 2 unspecified atom stereocenters. The molecule has 1 amide bonds. The summed E-state index contributed by atoms with van der Waals surface area (Å²) in [5.41, 5.74) is 6.72. The van der Waals surface area contributed by atoms with Gasteiger partial charge in [-0.1, -0.05) is 30.7 Å². The van der Waals surface area contributed by atoms with E-state index in [0.29, 0.717) is 23.6 Å². The summed E-state index contributed by atoms with van der Waals surface area (Å²) in [4.78, 5) is 17.2. The van der Waals surface area contributed by atoms with Gasteiger partial charge in [-0.15, -0.1) is 24.8 Å². The maximum atomic E-state index is 12.8. The van der Waals surface area contributed by atoms with Crippen LogP contribution in [-0.4, -0.2) is 23.0 Å². The summed E-state index contributed by atoms with van der Waals surface area (Å²) >= 11 is 0. The molecule has 4 nitrogen and oxygen atoms in total. The van der Waals surface area contributed by atoms with E-state index in [9.17, 15) is 4.79 Å². The SMILES string of the molecule is Cl.Cl.NC1CC2CCCC(C1)C2NC(=O)c1nccc2ccccc12. The van der Waals surface area contributed by atoms with Crippen molar-refractivity contribution in [3.8, 4) is 0 Å². The second-order valence-electron chi connectivity index (χ2n) is 7.06. The number of pyridine rings is 1. The predicted octanol–water partition coefficient (Wildman–Crippen LogP) is 3.71. The first-order valence-corrected chi connectivity index (χ1v) is 8.62. The third-order valence-electron chi connectivity index (χ3n) is 5.56. The smallest absolute Gasteiger partial charge is 0.270 e. The van der Waals surface area contributed by atoms with Gasteiger partial charge >= 0.3 is 0 Å². The first-order chi connectivity index (χ1) is 11.2. The molecule has 2 atom stereocenters. The Morgan fingerprint density at radius 1 is 1.08 bits per heavy atom. The molecule has 2 aliphatic rings. The number of carbonyl (C=O) groups is 1. The van der Waals surface area contributed by atoms with Crippen molar-refractivity contribution >= 4 is 41.5 Å². The number of nitrogens with zero attached hydrogens (tertiary/aromatic N) is 1. The van der Waals surface area contributed by atoms with Crippen LogP contribution < -0.4 is 11.1 Å². The topological polar surface area (TPSA) is 68.0 Å². The molecule has 2 aromatic rings. The van der Waals surface area contributed by atoms with Gasteiger partial charge in [-0.2, -0.15) is 0 Å². The first kappa shape index (κ1) is 20.0. The van der Waals surface area contributed by atoms with Gasteiger partial charge in [0, 0.05) is 23.7 Å². The molecule has 1 aromatic carbocycles. The molecular formula is C19H25Cl2N3O. The molecule has 0 saturated heterocycles. The van der Waals surface area contributed by atoms with E-state index in [4.69, 9.17) is 5.73 Å². The number of halogens is 2. The predicted molar refractivity (Wildman–Crippen MR) is 106 cm³/mol. The zero-order valence-electron chi connectivity index (χ0n) is 14.1. The highest BCUT2D eigenvalue weighted by atomic mass is 35.5. The van der Waals surface area contributed by atoms with Crippen molar-refractivity contribution in [2.24, 2.45) is 17.6 Å². The van der Waals surface area contributed by atoms with Crippen LogP contribution in [0.15, 0.2) is 36.5 Å². The van der Waals surface area contributed by atoms with Crippen LogP contribution in [0, 0.1) is 11.8 Å². The van der Waals surface area contributed by atoms with Crippen LogP contribution in [0.2, 0.25) is 0 Å². The van der Waals surface area contributed by atoms with E-state index >= 15 is 0 Å². The van der Waals surface area contributed by atoms with Crippen LogP contribution >= 0.6 is 24.8 Å². The van der Waals surface area contributed by atoms with Gasteiger partial charge < -0.3 is 11.1 Å². The zero-order chi connectivity index (χ0) is 15.8. The second-order valence-corrected chi connectivity index (χ2v) is 7.06. The van der Waals surface area contributed by atoms with Gasteiger partial charge in [0.25, 0.3) is 5.91 Å². The second kappa shape index (κ2) is 8.35. The van der Waals surface area contributed by atoms with Crippen molar-refractivity contribution in [1.82, 2.24) is 10.3 Å². The fourth-order valence-corrected chi connectivity index (χ4v) is 4.55. The van der Waals surface area contributed by atoms with E-state index in [-0.39, 0.29) is 36.8 Å². The maximum Gasteiger partial charge on any atom is 0.270 e. The van der Waals surface area contributed by atoms with Crippen LogP contribution in [0.1, 0.15) is 42.6 Å². The third-order valence-corrected chi connectivity index (χ3v) is 5.56. The van der Waals surface area contributed by atoms with Gasteiger partial charge in [-0.25, -0.2) is 0 Å². The minimum absolute atomic E-state index is 0. The molecule has 1 heterocycles. The van der Waals surface area contributed by atoms with Crippen LogP contribution in [0.25, 0.3) is 10.8 Å². The summed E-state index contributed by atoms with van der Waals surface area (Å²) < 4.78 is 0. The van der Waals surface area contributed by atoms with E-state index in [0.717, 1.165) is 23.6 Å². The summed E-state index contributed by atoms with van der Waals surface area (Å²) in [6, 6.07) is 10.4. The Labute approximate surface area is 160 Å². The molecule has 25 heavy (non-hydrogen) atoms. The molecule has 2 fully saturated rings. The number of hydrogen-bond donors (Lipinski definition) is 2. The van der Waals surface area contributed by atoms with Gasteiger partial charge in [0.1, 0.15) is 5.69 Å². The van der Waals surface area contributed by atoms with E-state index in [2.05, 4.69) is 10.3 Å². The van der Waals surface area contributed by atoms with Crippen LogP contribution in [0.4, 0.5) is 0 Å². The third kappa shape index (κ3) is 3.91. The van der Waals surface area contributed by atoms with Crippen LogP contribution in [0.5, 0.6) is 0 Å². The Morgan fingerprint density at radius 2 is 1.76 bits per heavy atom. The number of benzene rings is 1. The Balaban J connectivity index is 0.00000113. The highest BCUT2D eigenvalue weighted by Gasteiger charge is 2.40.